The van der Waals surface area contributed by atoms with E-state index in [1.54, 1.807) is 6.33 Å². The SMILES string of the molecule is Cc1cn(C2CC2)c(NCc2nncn2C)n1. The number of rotatable bonds is 4. The summed E-state index contributed by atoms with van der Waals surface area (Å²) < 4.78 is 4.13. The zero-order valence-corrected chi connectivity index (χ0v) is 10.1. The number of aryl methyl sites for hydroxylation is 2. The molecule has 0 saturated heterocycles. The number of hydrogen-bond acceptors (Lipinski definition) is 4. The third kappa shape index (κ3) is 2.02. The molecule has 0 spiro atoms. The van der Waals surface area contributed by atoms with E-state index < -0.39 is 0 Å². The van der Waals surface area contributed by atoms with Crippen molar-refractivity contribution in [1.29, 1.82) is 0 Å². The lowest BCUT2D eigenvalue weighted by molar-refractivity contribution is 0.733. The van der Waals surface area contributed by atoms with Crippen molar-refractivity contribution in [3.63, 3.8) is 0 Å². The molecule has 1 aliphatic carbocycles. The summed E-state index contributed by atoms with van der Waals surface area (Å²) in [6, 6.07) is 0.637. The van der Waals surface area contributed by atoms with Crippen molar-refractivity contribution in [2.45, 2.75) is 32.4 Å². The molecule has 0 unspecified atom stereocenters. The summed E-state index contributed by atoms with van der Waals surface area (Å²) in [7, 11) is 1.94. The molecule has 0 aliphatic heterocycles. The first-order chi connectivity index (χ1) is 8.24. The molecule has 90 valence electrons. The highest BCUT2D eigenvalue weighted by atomic mass is 15.3. The van der Waals surface area contributed by atoms with E-state index in [0.717, 1.165) is 17.5 Å². The Morgan fingerprint density at radius 1 is 1.47 bits per heavy atom. The Bertz CT molecular complexity index is 522. The highest BCUT2D eigenvalue weighted by molar-refractivity contribution is 5.30. The van der Waals surface area contributed by atoms with Crippen LogP contribution in [0.1, 0.15) is 30.4 Å². The number of aromatic nitrogens is 5. The van der Waals surface area contributed by atoms with E-state index in [9.17, 15) is 0 Å². The van der Waals surface area contributed by atoms with E-state index in [-0.39, 0.29) is 0 Å². The van der Waals surface area contributed by atoms with Crippen molar-refractivity contribution in [3.8, 4) is 0 Å². The zero-order valence-electron chi connectivity index (χ0n) is 10.1. The van der Waals surface area contributed by atoms with Crippen LogP contribution in [-0.2, 0) is 13.6 Å². The molecule has 1 fully saturated rings. The lowest BCUT2D eigenvalue weighted by Gasteiger charge is -2.07. The number of nitrogens with one attached hydrogen (secondary N) is 1. The van der Waals surface area contributed by atoms with Crippen LogP contribution in [0, 0.1) is 6.92 Å². The summed E-state index contributed by atoms with van der Waals surface area (Å²) in [5.41, 5.74) is 1.05. The molecule has 6 nitrogen and oxygen atoms in total. The number of hydrogen-bond donors (Lipinski definition) is 1. The third-order valence-corrected chi connectivity index (χ3v) is 3.00. The van der Waals surface area contributed by atoms with Gasteiger partial charge in [0.05, 0.1) is 12.2 Å². The van der Waals surface area contributed by atoms with Gasteiger partial charge in [-0.25, -0.2) is 4.98 Å². The Labute approximate surface area is 99.7 Å². The third-order valence-electron chi connectivity index (χ3n) is 3.00. The number of nitrogens with zero attached hydrogens (tertiary/aromatic N) is 5. The van der Waals surface area contributed by atoms with Crippen LogP contribution in [0.3, 0.4) is 0 Å². The van der Waals surface area contributed by atoms with Crippen LogP contribution in [0.15, 0.2) is 12.5 Å². The van der Waals surface area contributed by atoms with Crippen molar-refractivity contribution >= 4 is 5.95 Å². The summed E-state index contributed by atoms with van der Waals surface area (Å²) in [5.74, 6) is 1.85. The quantitative estimate of drug-likeness (QED) is 0.862. The zero-order chi connectivity index (χ0) is 11.8. The predicted octanol–water partition coefficient (Wildman–Crippen LogP) is 1.27. The second-order valence-electron chi connectivity index (χ2n) is 4.56. The van der Waals surface area contributed by atoms with E-state index in [1.807, 2.05) is 18.5 Å². The van der Waals surface area contributed by atoms with Gasteiger partial charge in [-0.05, 0) is 19.8 Å². The Morgan fingerprint density at radius 2 is 2.29 bits per heavy atom. The van der Waals surface area contributed by atoms with Gasteiger partial charge in [0.1, 0.15) is 6.33 Å². The van der Waals surface area contributed by atoms with Crippen LogP contribution in [0.5, 0.6) is 0 Å². The molecule has 0 atom stereocenters. The second kappa shape index (κ2) is 3.87. The standard InChI is InChI=1S/C11H16N6/c1-8-6-17(9-3-4-9)11(14-8)12-5-10-15-13-7-16(10)2/h6-7,9H,3-5H2,1-2H3,(H,12,14). The van der Waals surface area contributed by atoms with E-state index in [4.69, 9.17) is 0 Å². The first kappa shape index (κ1) is 10.3. The van der Waals surface area contributed by atoms with Gasteiger partial charge in [-0.2, -0.15) is 0 Å². The average Bonchev–Trinajstić information content (AvgIpc) is 2.97. The Hall–Kier alpha value is -1.85. The predicted molar refractivity (Wildman–Crippen MR) is 63.6 cm³/mol. The molecule has 2 aromatic heterocycles. The molecule has 0 aromatic carbocycles. The summed E-state index contributed by atoms with van der Waals surface area (Å²) in [5, 5.41) is 11.2. The van der Waals surface area contributed by atoms with Crippen molar-refractivity contribution in [2.75, 3.05) is 5.32 Å². The minimum atomic E-state index is 0.637. The molecule has 2 aromatic rings. The van der Waals surface area contributed by atoms with Crippen LogP contribution < -0.4 is 5.32 Å². The summed E-state index contributed by atoms with van der Waals surface area (Å²) in [4.78, 5) is 4.50. The Balaban J connectivity index is 1.74. The van der Waals surface area contributed by atoms with Crippen LogP contribution in [0.2, 0.25) is 0 Å². The van der Waals surface area contributed by atoms with Crippen molar-refractivity contribution in [2.24, 2.45) is 7.05 Å². The van der Waals surface area contributed by atoms with Crippen LogP contribution in [0.25, 0.3) is 0 Å². The highest BCUT2D eigenvalue weighted by Crippen LogP contribution is 2.37. The molecule has 6 heteroatoms. The van der Waals surface area contributed by atoms with Crippen LogP contribution >= 0.6 is 0 Å². The molecule has 0 radical (unpaired) electrons. The number of imidazole rings is 1. The summed E-state index contributed by atoms with van der Waals surface area (Å²) >= 11 is 0. The van der Waals surface area contributed by atoms with Gasteiger partial charge in [-0.3, -0.25) is 0 Å². The fourth-order valence-electron chi connectivity index (χ4n) is 1.90. The molecular formula is C11H16N6. The van der Waals surface area contributed by atoms with Gasteiger partial charge >= 0.3 is 0 Å². The monoisotopic (exact) mass is 232 g/mol. The molecule has 0 bridgehead atoms. The van der Waals surface area contributed by atoms with E-state index in [1.165, 1.54) is 12.8 Å². The minimum absolute atomic E-state index is 0.637. The molecule has 1 N–H and O–H groups in total. The summed E-state index contributed by atoms with van der Waals surface area (Å²) in [6.45, 7) is 2.67. The fraction of sp³-hybridized carbons (Fsp3) is 0.545. The van der Waals surface area contributed by atoms with Crippen molar-refractivity contribution in [1.82, 2.24) is 24.3 Å². The fourth-order valence-corrected chi connectivity index (χ4v) is 1.90. The van der Waals surface area contributed by atoms with Gasteiger partial charge in [-0.15, -0.1) is 10.2 Å². The topological polar surface area (TPSA) is 60.6 Å². The van der Waals surface area contributed by atoms with Crippen molar-refractivity contribution in [3.05, 3.63) is 24.0 Å². The minimum Gasteiger partial charge on any atom is -0.348 e. The molecule has 17 heavy (non-hydrogen) atoms. The maximum atomic E-state index is 4.50. The Kier molecular flexibility index (Phi) is 2.35. The maximum Gasteiger partial charge on any atom is 0.203 e. The first-order valence-corrected chi connectivity index (χ1v) is 5.86. The van der Waals surface area contributed by atoms with Crippen LogP contribution in [0.4, 0.5) is 5.95 Å². The normalized spacial score (nSPS) is 15.2. The van der Waals surface area contributed by atoms with Crippen molar-refractivity contribution < 1.29 is 0 Å². The van der Waals surface area contributed by atoms with Gasteiger partial charge in [0.15, 0.2) is 5.82 Å². The molecule has 3 rings (SSSR count). The van der Waals surface area contributed by atoms with Gasteiger partial charge in [0.25, 0.3) is 0 Å². The highest BCUT2D eigenvalue weighted by Gasteiger charge is 2.26. The second-order valence-corrected chi connectivity index (χ2v) is 4.56. The maximum absolute atomic E-state index is 4.50. The molecule has 1 saturated carbocycles. The Morgan fingerprint density at radius 3 is 2.94 bits per heavy atom. The average molecular weight is 232 g/mol. The molecule has 0 amide bonds. The summed E-state index contributed by atoms with van der Waals surface area (Å²) in [6.07, 6.45) is 6.33. The lowest BCUT2D eigenvalue weighted by Crippen LogP contribution is -2.09. The van der Waals surface area contributed by atoms with E-state index in [0.29, 0.717) is 12.6 Å². The van der Waals surface area contributed by atoms with Gasteiger partial charge in [0.2, 0.25) is 5.95 Å². The molecule has 2 heterocycles. The molecular weight excluding hydrogens is 216 g/mol. The van der Waals surface area contributed by atoms with E-state index in [2.05, 4.69) is 31.3 Å². The lowest BCUT2D eigenvalue weighted by atomic mass is 10.5. The largest absolute Gasteiger partial charge is 0.348 e. The van der Waals surface area contributed by atoms with Crippen LogP contribution in [-0.4, -0.2) is 24.3 Å². The number of anilines is 1. The van der Waals surface area contributed by atoms with Gasteiger partial charge < -0.3 is 14.5 Å². The molecule has 1 aliphatic rings. The van der Waals surface area contributed by atoms with Gasteiger partial charge in [0, 0.05) is 19.3 Å². The smallest absolute Gasteiger partial charge is 0.203 e. The van der Waals surface area contributed by atoms with Gasteiger partial charge in [-0.1, -0.05) is 0 Å². The van der Waals surface area contributed by atoms with E-state index >= 15 is 0 Å². The first-order valence-electron chi connectivity index (χ1n) is 5.86.